The van der Waals surface area contributed by atoms with Crippen LogP contribution in [0.3, 0.4) is 0 Å². The summed E-state index contributed by atoms with van der Waals surface area (Å²) in [6, 6.07) is -0.761. The maximum absolute atomic E-state index is 13.1. The first-order valence-corrected chi connectivity index (χ1v) is 35.0. The third-order valence-electron chi connectivity index (χ3n) is 15.3. The van der Waals surface area contributed by atoms with E-state index in [1.54, 1.807) is 0 Å². The molecule has 0 aliphatic carbocycles. The second kappa shape index (κ2) is 59.1. The fraction of sp³-hybridized carbons (Fsp3) is 0.868. The number of nitrogens with one attached hydrogen (secondary N) is 1. The predicted octanol–water partition coefficient (Wildman–Crippen LogP) is 21.1. The van der Waals surface area contributed by atoms with Crippen molar-refractivity contribution < 1.29 is 32.9 Å². The van der Waals surface area contributed by atoms with Crippen molar-refractivity contribution in [2.75, 3.05) is 40.9 Å². The van der Waals surface area contributed by atoms with E-state index in [1.807, 2.05) is 21.1 Å². The molecule has 1 amide bonds. The molecule has 0 saturated carbocycles. The van der Waals surface area contributed by atoms with Crippen LogP contribution in [0.4, 0.5) is 0 Å². The minimum Gasteiger partial charge on any atom is -0.391 e. The van der Waals surface area contributed by atoms with Gasteiger partial charge in [0.1, 0.15) is 13.2 Å². The highest BCUT2D eigenvalue weighted by Gasteiger charge is 2.28. The molecule has 0 heterocycles. The lowest BCUT2D eigenvalue weighted by molar-refractivity contribution is -0.870. The average molecular weight is 1100 g/mol. The molecule has 0 fully saturated rings. The molecule has 0 rings (SSSR count). The molecule has 3 atom stereocenters. The zero-order valence-electron chi connectivity index (χ0n) is 52.0. The molecule has 454 valence electrons. The smallest absolute Gasteiger partial charge is 0.391 e. The number of quaternary nitrogens is 1. The van der Waals surface area contributed by atoms with E-state index in [4.69, 9.17) is 9.05 Å². The van der Waals surface area contributed by atoms with E-state index in [0.717, 1.165) is 64.2 Å². The van der Waals surface area contributed by atoms with Crippen molar-refractivity contribution in [1.29, 1.82) is 0 Å². The standard InChI is InChI=1S/C68H131N2O6P/c1-6-8-10-12-14-16-18-20-22-24-26-28-30-32-33-34-35-36-37-38-40-42-44-46-48-50-52-54-56-58-60-62-68(72)69-66(65-76-77(73,74)75-64-63-70(3,4)5)67(71)61-59-57-55-53-51-49-47-45-43-41-39-31-29-27-25-23-21-19-17-15-13-11-9-7-2/h8,10,14,16,20,22,26,28,66-67,71H,6-7,9,11-13,15,17-19,21,23-25,27,29-65H2,1-5H3,(H-,69,72,73,74)/p+1/b10-8-,16-14-,22-20-,28-26-. The van der Waals surface area contributed by atoms with Crippen LogP contribution in [-0.4, -0.2) is 73.4 Å². The van der Waals surface area contributed by atoms with Gasteiger partial charge in [0.05, 0.1) is 39.9 Å². The number of likely N-dealkylation sites (N-methyl/N-ethyl adjacent to an activating group) is 1. The lowest BCUT2D eigenvalue weighted by Crippen LogP contribution is -2.46. The molecule has 0 radical (unpaired) electrons. The van der Waals surface area contributed by atoms with E-state index in [-0.39, 0.29) is 19.1 Å². The van der Waals surface area contributed by atoms with Crippen LogP contribution >= 0.6 is 7.82 Å². The van der Waals surface area contributed by atoms with Gasteiger partial charge in [-0.15, -0.1) is 0 Å². The second-order valence-electron chi connectivity index (χ2n) is 24.2. The van der Waals surface area contributed by atoms with Gasteiger partial charge in [0, 0.05) is 6.42 Å². The molecule has 0 aromatic heterocycles. The average Bonchev–Trinajstić information content (AvgIpc) is 3.39. The largest absolute Gasteiger partial charge is 0.472 e. The van der Waals surface area contributed by atoms with Gasteiger partial charge in [-0.3, -0.25) is 13.8 Å². The Balaban J connectivity index is 4.03. The van der Waals surface area contributed by atoms with Crippen molar-refractivity contribution in [3.05, 3.63) is 48.6 Å². The zero-order valence-corrected chi connectivity index (χ0v) is 52.9. The van der Waals surface area contributed by atoms with Crippen molar-refractivity contribution in [2.45, 2.75) is 341 Å². The van der Waals surface area contributed by atoms with Crippen LogP contribution < -0.4 is 5.32 Å². The highest BCUT2D eigenvalue weighted by molar-refractivity contribution is 7.47. The van der Waals surface area contributed by atoms with E-state index in [0.29, 0.717) is 23.9 Å². The molecular formula is C68H132N2O6P+. The summed E-state index contributed by atoms with van der Waals surface area (Å²) in [6.07, 6.45) is 79.1. The number of aliphatic hydroxyl groups is 1. The van der Waals surface area contributed by atoms with E-state index < -0.39 is 20.0 Å². The fourth-order valence-corrected chi connectivity index (χ4v) is 10.9. The van der Waals surface area contributed by atoms with Gasteiger partial charge in [0.2, 0.25) is 5.91 Å². The Labute approximate surface area is 479 Å². The molecule has 9 heteroatoms. The first kappa shape index (κ1) is 75.5. The van der Waals surface area contributed by atoms with Crippen molar-refractivity contribution >= 4 is 13.7 Å². The minimum atomic E-state index is -4.33. The van der Waals surface area contributed by atoms with E-state index in [1.165, 1.54) is 238 Å². The number of aliphatic hydroxyl groups excluding tert-OH is 1. The van der Waals surface area contributed by atoms with Crippen LogP contribution in [0.25, 0.3) is 0 Å². The van der Waals surface area contributed by atoms with Crippen molar-refractivity contribution in [3.8, 4) is 0 Å². The van der Waals surface area contributed by atoms with E-state index in [2.05, 4.69) is 67.8 Å². The van der Waals surface area contributed by atoms with Crippen LogP contribution in [0.15, 0.2) is 48.6 Å². The van der Waals surface area contributed by atoms with Gasteiger partial charge >= 0.3 is 7.82 Å². The summed E-state index contributed by atoms with van der Waals surface area (Å²) in [4.78, 5) is 23.4. The van der Waals surface area contributed by atoms with Gasteiger partial charge in [-0.05, 0) is 51.4 Å². The number of rotatable bonds is 62. The van der Waals surface area contributed by atoms with Crippen LogP contribution in [0, 0.1) is 0 Å². The first-order chi connectivity index (χ1) is 37.5. The Morgan fingerprint density at radius 2 is 0.779 bits per heavy atom. The highest BCUT2D eigenvalue weighted by atomic mass is 31.2. The normalized spacial score (nSPS) is 14.0. The van der Waals surface area contributed by atoms with Gasteiger partial charge in [-0.25, -0.2) is 4.57 Å². The molecular weight excluding hydrogens is 972 g/mol. The number of carbonyl (C=O) groups is 1. The first-order valence-electron chi connectivity index (χ1n) is 33.5. The third kappa shape index (κ3) is 61.9. The Bertz CT molecular complexity index is 1390. The molecule has 3 unspecified atom stereocenters. The minimum absolute atomic E-state index is 0.0759. The topological polar surface area (TPSA) is 105 Å². The van der Waals surface area contributed by atoms with Crippen LogP contribution in [0.1, 0.15) is 328 Å². The van der Waals surface area contributed by atoms with Gasteiger partial charge in [0.25, 0.3) is 0 Å². The van der Waals surface area contributed by atoms with Crippen molar-refractivity contribution in [3.63, 3.8) is 0 Å². The maximum atomic E-state index is 13.1. The molecule has 3 N–H and O–H groups in total. The molecule has 8 nitrogen and oxygen atoms in total. The van der Waals surface area contributed by atoms with Gasteiger partial charge in [-0.1, -0.05) is 319 Å². The monoisotopic (exact) mass is 1100 g/mol. The molecule has 0 aromatic carbocycles. The van der Waals surface area contributed by atoms with Crippen molar-refractivity contribution in [2.24, 2.45) is 0 Å². The summed E-state index contributed by atoms with van der Waals surface area (Å²) in [7, 11) is 1.63. The van der Waals surface area contributed by atoms with E-state index >= 15 is 0 Å². The Kier molecular flexibility index (Phi) is 57.9. The number of allylic oxidation sites excluding steroid dienone is 8. The number of amides is 1. The molecule has 0 aromatic rings. The van der Waals surface area contributed by atoms with Crippen LogP contribution in [0.5, 0.6) is 0 Å². The number of phosphoric ester groups is 1. The second-order valence-corrected chi connectivity index (χ2v) is 25.6. The fourth-order valence-electron chi connectivity index (χ4n) is 10.2. The zero-order chi connectivity index (χ0) is 56.3. The van der Waals surface area contributed by atoms with E-state index in [9.17, 15) is 19.4 Å². The number of hydrogen-bond acceptors (Lipinski definition) is 5. The Morgan fingerprint density at radius 3 is 1.14 bits per heavy atom. The van der Waals surface area contributed by atoms with Crippen LogP contribution in [-0.2, 0) is 18.4 Å². The summed E-state index contributed by atoms with van der Waals surface area (Å²) in [6.45, 7) is 4.83. The number of unbranched alkanes of at least 4 members (excludes halogenated alkanes) is 41. The SMILES string of the molecule is CC/C=C\C/C=C\C/C=C\C/C=C\CCCCCCCCCCCCCCCCCCCCC(=O)NC(COP(=O)(O)OCC[N+](C)(C)C)C(O)CCCCCCCCCCCCCCCCCCCCCCCCCC. The lowest BCUT2D eigenvalue weighted by Gasteiger charge is -2.26. The van der Waals surface area contributed by atoms with Crippen LogP contribution in [0.2, 0.25) is 0 Å². The summed E-state index contributed by atoms with van der Waals surface area (Å²) in [5.74, 6) is -0.139. The quantitative estimate of drug-likeness (QED) is 0.0243. The molecule has 0 spiro atoms. The highest BCUT2D eigenvalue weighted by Crippen LogP contribution is 2.43. The maximum Gasteiger partial charge on any atom is 0.472 e. The molecule has 0 bridgehead atoms. The summed E-state index contributed by atoms with van der Waals surface area (Å²) >= 11 is 0. The summed E-state index contributed by atoms with van der Waals surface area (Å²) in [5.41, 5.74) is 0. The third-order valence-corrected chi connectivity index (χ3v) is 16.3. The Hall–Kier alpha value is -1.54. The lowest BCUT2D eigenvalue weighted by atomic mass is 10.0. The number of carbonyl (C=O) groups excluding carboxylic acids is 1. The molecule has 0 aliphatic heterocycles. The molecule has 0 saturated heterocycles. The van der Waals surface area contributed by atoms with Crippen molar-refractivity contribution in [1.82, 2.24) is 5.32 Å². The number of hydrogen-bond donors (Lipinski definition) is 3. The molecule has 0 aliphatic rings. The van der Waals surface area contributed by atoms with Gasteiger partial charge < -0.3 is 19.8 Å². The number of phosphoric acid groups is 1. The summed E-state index contributed by atoms with van der Waals surface area (Å²) < 4.78 is 23.9. The van der Waals surface area contributed by atoms with Gasteiger partial charge in [-0.2, -0.15) is 0 Å². The number of nitrogens with zero attached hydrogens (tertiary/aromatic N) is 1. The molecule has 77 heavy (non-hydrogen) atoms. The van der Waals surface area contributed by atoms with Gasteiger partial charge in [0.15, 0.2) is 0 Å². The Morgan fingerprint density at radius 1 is 0.455 bits per heavy atom. The predicted molar refractivity (Wildman–Crippen MR) is 337 cm³/mol. The summed E-state index contributed by atoms with van der Waals surface area (Å²) in [5, 5.41) is 14.1.